The maximum atomic E-state index is 13.4. The van der Waals surface area contributed by atoms with Gasteiger partial charge in [0.05, 0.1) is 0 Å². The van der Waals surface area contributed by atoms with Crippen molar-refractivity contribution in [3.05, 3.63) is 42.2 Å². The molecule has 136 valence electrons. The second-order valence-electron chi connectivity index (χ2n) is 8.46. The monoisotopic (exact) mass is 349 g/mol. The van der Waals surface area contributed by atoms with Gasteiger partial charge in [-0.25, -0.2) is 0 Å². The van der Waals surface area contributed by atoms with E-state index in [2.05, 4.69) is 14.8 Å². The van der Waals surface area contributed by atoms with Gasteiger partial charge in [-0.1, -0.05) is 18.6 Å². The van der Waals surface area contributed by atoms with Crippen LogP contribution in [0.4, 0.5) is 0 Å². The van der Waals surface area contributed by atoms with Crippen molar-refractivity contribution in [3.8, 4) is 0 Å². The molecule has 0 N–H and O–H groups in total. The number of hydrogen-bond acceptors (Lipinski definition) is 3. The van der Waals surface area contributed by atoms with E-state index in [4.69, 9.17) is 0 Å². The molecule has 1 amide bonds. The number of aromatic nitrogens is 1. The highest BCUT2D eigenvalue weighted by Crippen LogP contribution is 2.33. The number of amides is 1. The third kappa shape index (κ3) is 2.90. The zero-order valence-electron chi connectivity index (χ0n) is 15.3. The van der Waals surface area contributed by atoms with Crippen molar-refractivity contribution in [2.75, 3.05) is 26.2 Å². The van der Waals surface area contributed by atoms with Crippen molar-refractivity contribution >= 4 is 16.7 Å². The molecule has 3 saturated heterocycles. The predicted molar refractivity (Wildman–Crippen MR) is 103 cm³/mol. The highest BCUT2D eigenvalue weighted by Gasteiger charge is 2.38. The Bertz CT molecular complexity index is 811. The number of carbonyl (C=O) groups is 1. The molecule has 2 aromatic rings. The van der Waals surface area contributed by atoms with Gasteiger partial charge in [-0.05, 0) is 55.0 Å². The SMILES string of the molecule is O=C(c1cccc2cnccc12)N1C[C@H]2CC[C@@H](C1)N(CC1CCC1)C2. The van der Waals surface area contributed by atoms with Crippen LogP contribution in [-0.2, 0) is 0 Å². The number of rotatable bonds is 3. The first-order chi connectivity index (χ1) is 12.8. The van der Waals surface area contributed by atoms with Gasteiger partial charge in [0, 0.05) is 55.6 Å². The summed E-state index contributed by atoms with van der Waals surface area (Å²) in [7, 11) is 0. The molecule has 4 heteroatoms. The second kappa shape index (κ2) is 6.66. The Kier molecular flexibility index (Phi) is 4.16. The number of piperidine rings is 1. The molecule has 4 heterocycles. The van der Waals surface area contributed by atoms with Crippen LogP contribution in [0.25, 0.3) is 10.8 Å². The predicted octanol–water partition coefficient (Wildman–Crippen LogP) is 3.57. The van der Waals surface area contributed by atoms with Crippen molar-refractivity contribution in [1.29, 1.82) is 0 Å². The van der Waals surface area contributed by atoms with Crippen LogP contribution in [0.2, 0.25) is 0 Å². The summed E-state index contributed by atoms with van der Waals surface area (Å²) in [5.74, 6) is 1.74. The summed E-state index contributed by atoms with van der Waals surface area (Å²) in [6, 6.07) is 8.51. The van der Waals surface area contributed by atoms with Gasteiger partial charge in [-0.3, -0.25) is 14.7 Å². The summed E-state index contributed by atoms with van der Waals surface area (Å²) in [5.41, 5.74) is 0.830. The Labute approximate surface area is 155 Å². The summed E-state index contributed by atoms with van der Waals surface area (Å²) < 4.78 is 0. The van der Waals surface area contributed by atoms with Crippen LogP contribution in [0.15, 0.2) is 36.7 Å². The zero-order valence-corrected chi connectivity index (χ0v) is 15.3. The quantitative estimate of drug-likeness (QED) is 0.850. The van der Waals surface area contributed by atoms with Gasteiger partial charge in [0.2, 0.25) is 0 Å². The van der Waals surface area contributed by atoms with Gasteiger partial charge in [0.25, 0.3) is 5.91 Å². The molecular weight excluding hydrogens is 322 g/mol. The lowest BCUT2D eigenvalue weighted by Gasteiger charge is -2.40. The molecule has 4 aliphatic rings. The highest BCUT2D eigenvalue weighted by molar-refractivity contribution is 6.06. The topological polar surface area (TPSA) is 36.4 Å². The van der Waals surface area contributed by atoms with E-state index in [1.54, 1.807) is 6.20 Å². The molecule has 2 atom stereocenters. The van der Waals surface area contributed by atoms with Crippen molar-refractivity contribution in [2.24, 2.45) is 11.8 Å². The third-order valence-electron chi connectivity index (χ3n) is 6.74. The van der Waals surface area contributed by atoms with Gasteiger partial charge in [0.15, 0.2) is 0 Å². The van der Waals surface area contributed by atoms with E-state index in [-0.39, 0.29) is 5.91 Å². The van der Waals surface area contributed by atoms with Crippen LogP contribution in [0.1, 0.15) is 42.5 Å². The molecule has 1 aromatic heterocycles. The van der Waals surface area contributed by atoms with Gasteiger partial charge < -0.3 is 4.90 Å². The van der Waals surface area contributed by atoms with Crippen molar-refractivity contribution in [1.82, 2.24) is 14.8 Å². The molecule has 4 nitrogen and oxygen atoms in total. The lowest BCUT2D eigenvalue weighted by molar-refractivity contribution is 0.0719. The van der Waals surface area contributed by atoms with Crippen LogP contribution in [-0.4, -0.2) is 52.9 Å². The minimum absolute atomic E-state index is 0.198. The fraction of sp³-hybridized carbons (Fsp3) is 0.545. The number of benzene rings is 1. The molecule has 1 aromatic carbocycles. The molecular formula is C22H27N3O. The van der Waals surface area contributed by atoms with Gasteiger partial charge in [-0.2, -0.15) is 0 Å². The standard InChI is InChI=1S/C22H27N3O/c26-22(21-6-2-5-18-11-23-10-9-20(18)21)25-14-17-7-8-19(15-25)24(13-17)12-16-3-1-4-16/h2,5-6,9-11,16-17,19H,1,3-4,7-8,12-15H2/t17-,19-/m0/s1. The van der Waals surface area contributed by atoms with E-state index >= 15 is 0 Å². The molecule has 26 heavy (non-hydrogen) atoms. The van der Waals surface area contributed by atoms with E-state index in [9.17, 15) is 4.79 Å². The van der Waals surface area contributed by atoms with Crippen molar-refractivity contribution < 1.29 is 4.79 Å². The third-order valence-corrected chi connectivity index (χ3v) is 6.74. The van der Waals surface area contributed by atoms with Crippen LogP contribution in [0.3, 0.4) is 0 Å². The Morgan fingerprint density at radius 3 is 2.85 bits per heavy atom. The van der Waals surface area contributed by atoms with Crippen molar-refractivity contribution in [2.45, 2.75) is 38.1 Å². The van der Waals surface area contributed by atoms with Crippen LogP contribution in [0, 0.1) is 11.8 Å². The van der Waals surface area contributed by atoms with Gasteiger partial charge >= 0.3 is 0 Å². The lowest BCUT2D eigenvalue weighted by atomic mass is 9.83. The van der Waals surface area contributed by atoms with E-state index in [1.165, 1.54) is 45.2 Å². The summed E-state index contributed by atoms with van der Waals surface area (Å²) in [4.78, 5) is 22.4. The summed E-state index contributed by atoms with van der Waals surface area (Å²) >= 11 is 0. The minimum atomic E-state index is 0.198. The molecule has 6 rings (SSSR count). The van der Waals surface area contributed by atoms with E-state index in [0.29, 0.717) is 12.0 Å². The lowest BCUT2D eigenvalue weighted by Crippen LogP contribution is -2.47. The fourth-order valence-corrected chi connectivity index (χ4v) is 5.05. The molecule has 3 aliphatic heterocycles. The first kappa shape index (κ1) is 16.2. The van der Waals surface area contributed by atoms with E-state index < -0.39 is 0 Å². The maximum absolute atomic E-state index is 13.4. The van der Waals surface area contributed by atoms with E-state index in [0.717, 1.165) is 35.3 Å². The molecule has 0 unspecified atom stereocenters. The van der Waals surface area contributed by atoms with Crippen LogP contribution in [0.5, 0.6) is 0 Å². The fourth-order valence-electron chi connectivity index (χ4n) is 5.05. The Morgan fingerprint density at radius 1 is 1.08 bits per heavy atom. The average Bonchev–Trinajstić information content (AvgIpc) is 2.95. The Hall–Kier alpha value is -1.94. The number of carbonyl (C=O) groups excluding carboxylic acids is 1. The molecule has 1 aliphatic carbocycles. The van der Waals surface area contributed by atoms with E-state index in [1.807, 2.05) is 30.5 Å². The molecule has 2 bridgehead atoms. The normalized spacial score (nSPS) is 26.7. The first-order valence-electron chi connectivity index (χ1n) is 10.1. The Morgan fingerprint density at radius 2 is 2.00 bits per heavy atom. The number of hydrogen-bond donors (Lipinski definition) is 0. The van der Waals surface area contributed by atoms with Gasteiger partial charge in [-0.15, -0.1) is 0 Å². The average molecular weight is 349 g/mol. The second-order valence-corrected chi connectivity index (χ2v) is 8.46. The minimum Gasteiger partial charge on any atom is -0.337 e. The highest BCUT2D eigenvalue weighted by atomic mass is 16.2. The van der Waals surface area contributed by atoms with Crippen molar-refractivity contribution in [3.63, 3.8) is 0 Å². The zero-order chi connectivity index (χ0) is 17.5. The smallest absolute Gasteiger partial charge is 0.254 e. The summed E-state index contributed by atoms with van der Waals surface area (Å²) in [6.07, 6.45) is 10.4. The molecule has 4 fully saturated rings. The summed E-state index contributed by atoms with van der Waals surface area (Å²) in [6.45, 7) is 4.25. The van der Waals surface area contributed by atoms with Gasteiger partial charge in [0.1, 0.15) is 0 Å². The maximum Gasteiger partial charge on any atom is 0.254 e. The number of pyridine rings is 1. The van der Waals surface area contributed by atoms with Crippen LogP contribution >= 0.6 is 0 Å². The molecule has 0 radical (unpaired) electrons. The Balaban J connectivity index is 1.39. The largest absolute Gasteiger partial charge is 0.337 e. The number of nitrogens with zero attached hydrogens (tertiary/aromatic N) is 3. The summed E-state index contributed by atoms with van der Waals surface area (Å²) in [5, 5.41) is 2.07. The molecule has 0 spiro atoms. The first-order valence-corrected chi connectivity index (χ1v) is 10.1. The van der Waals surface area contributed by atoms with Crippen LogP contribution < -0.4 is 0 Å². The number of fused-ring (bicyclic) bond motifs is 5. The molecule has 1 saturated carbocycles.